The minimum atomic E-state index is -0.153. The van der Waals surface area contributed by atoms with E-state index in [0.29, 0.717) is 24.5 Å². The van der Waals surface area contributed by atoms with Crippen LogP contribution in [0.1, 0.15) is 27.7 Å². The van der Waals surface area contributed by atoms with E-state index in [4.69, 9.17) is 4.74 Å². The van der Waals surface area contributed by atoms with Crippen molar-refractivity contribution in [1.29, 1.82) is 0 Å². The molecule has 0 aromatic heterocycles. The highest BCUT2D eigenvalue weighted by Crippen LogP contribution is 2.19. The molecule has 1 aromatic rings. The fourth-order valence-corrected chi connectivity index (χ4v) is 2.38. The van der Waals surface area contributed by atoms with Gasteiger partial charge >= 0.3 is 6.03 Å². The Bertz CT molecular complexity index is 574. The number of carbonyl (C=O) groups excluding carboxylic acids is 2. The number of nitrogens with one attached hydrogen (secondary N) is 2. The third-order valence-electron chi connectivity index (χ3n) is 4.05. The van der Waals surface area contributed by atoms with Crippen molar-refractivity contribution in [3.63, 3.8) is 0 Å². The smallest absolute Gasteiger partial charge is 0.322 e. The molecule has 1 aromatic carbocycles. The van der Waals surface area contributed by atoms with Crippen LogP contribution in [0.2, 0.25) is 0 Å². The zero-order valence-electron chi connectivity index (χ0n) is 14.1. The van der Waals surface area contributed by atoms with Crippen LogP contribution in [0.25, 0.3) is 0 Å². The molecular weight excluding hydrogens is 294 g/mol. The van der Waals surface area contributed by atoms with Crippen LogP contribution >= 0.6 is 0 Å². The quantitative estimate of drug-likeness (QED) is 0.900. The normalized spacial score (nSPS) is 21.2. The predicted molar refractivity (Wildman–Crippen MR) is 90.5 cm³/mol. The first-order valence-corrected chi connectivity index (χ1v) is 7.98. The number of hydrogen-bond donors (Lipinski definition) is 2. The van der Waals surface area contributed by atoms with Crippen molar-refractivity contribution >= 4 is 23.3 Å². The van der Waals surface area contributed by atoms with Crippen molar-refractivity contribution < 1.29 is 14.3 Å². The van der Waals surface area contributed by atoms with Crippen molar-refractivity contribution in [1.82, 2.24) is 4.90 Å². The molecule has 1 saturated heterocycles. The van der Waals surface area contributed by atoms with E-state index in [-0.39, 0.29) is 30.0 Å². The molecule has 2 atom stereocenters. The van der Waals surface area contributed by atoms with Crippen LogP contribution in [0.15, 0.2) is 24.3 Å². The first kappa shape index (κ1) is 17.3. The number of hydrogen-bond acceptors (Lipinski definition) is 3. The fraction of sp³-hybridized carbons (Fsp3) is 0.529. The van der Waals surface area contributed by atoms with Gasteiger partial charge in [-0.25, -0.2) is 4.79 Å². The van der Waals surface area contributed by atoms with Crippen molar-refractivity contribution in [2.24, 2.45) is 5.92 Å². The summed E-state index contributed by atoms with van der Waals surface area (Å²) in [5, 5.41) is 5.71. The van der Waals surface area contributed by atoms with E-state index in [2.05, 4.69) is 10.6 Å². The van der Waals surface area contributed by atoms with Gasteiger partial charge in [0.25, 0.3) is 0 Å². The summed E-state index contributed by atoms with van der Waals surface area (Å²) in [7, 11) is 0. The Morgan fingerprint density at radius 1 is 1.22 bits per heavy atom. The standard InChI is InChI=1S/C17H25N3O3/c1-11(2)16(21)18-14-6-5-7-15(10-14)19-17(22)20-8-9-23-13(4)12(20)3/h5-7,10-13H,8-9H2,1-4H3,(H,18,21)(H,19,22)/t12-,13+/m0/s1. The number of carbonyl (C=O) groups is 2. The molecule has 6 nitrogen and oxygen atoms in total. The van der Waals surface area contributed by atoms with Gasteiger partial charge in [-0.1, -0.05) is 19.9 Å². The summed E-state index contributed by atoms with van der Waals surface area (Å²) in [6.45, 7) is 8.73. The second kappa shape index (κ2) is 7.46. The second-order valence-electron chi connectivity index (χ2n) is 6.16. The van der Waals surface area contributed by atoms with Gasteiger partial charge in [0.15, 0.2) is 0 Å². The Hall–Kier alpha value is -2.08. The van der Waals surface area contributed by atoms with Gasteiger partial charge in [-0.2, -0.15) is 0 Å². The maximum Gasteiger partial charge on any atom is 0.322 e. The summed E-state index contributed by atoms with van der Waals surface area (Å²) in [6, 6.07) is 7.03. The van der Waals surface area contributed by atoms with Gasteiger partial charge in [0, 0.05) is 23.8 Å². The van der Waals surface area contributed by atoms with Crippen LogP contribution < -0.4 is 10.6 Å². The van der Waals surface area contributed by atoms with Crippen LogP contribution in [-0.4, -0.2) is 42.1 Å². The minimum Gasteiger partial charge on any atom is -0.375 e. The number of benzene rings is 1. The number of nitrogens with zero attached hydrogens (tertiary/aromatic N) is 1. The van der Waals surface area contributed by atoms with Crippen molar-refractivity contribution in [3.05, 3.63) is 24.3 Å². The molecule has 2 rings (SSSR count). The number of urea groups is 1. The Balaban J connectivity index is 2.02. The first-order chi connectivity index (χ1) is 10.9. The van der Waals surface area contributed by atoms with Gasteiger partial charge < -0.3 is 20.3 Å². The van der Waals surface area contributed by atoms with Crippen molar-refractivity contribution in [2.45, 2.75) is 39.8 Å². The van der Waals surface area contributed by atoms with Crippen LogP contribution in [0.5, 0.6) is 0 Å². The van der Waals surface area contributed by atoms with Crippen LogP contribution in [-0.2, 0) is 9.53 Å². The lowest BCUT2D eigenvalue weighted by Gasteiger charge is -2.37. The third kappa shape index (κ3) is 4.45. The fourth-order valence-electron chi connectivity index (χ4n) is 2.38. The van der Waals surface area contributed by atoms with Crippen LogP contribution in [0.4, 0.5) is 16.2 Å². The SMILES string of the molecule is CC(C)C(=O)Nc1cccc(NC(=O)N2CCO[C@H](C)[C@@H]2C)c1. The van der Waals surface area contributed by atoms with E-state index in [0.717, 1.165) is 0 Å². The zero-order valence-corrected chi connectivity index (χ0v) is 14.1. The average molecular weight is 319 g/mol. The lowest BCUT2D eigenvalue weighted by Crippen LogP contribution is -2.52. The topological polar surface area (TPSA) is 70.7 Å². The molecule has 6 heteroatoms. The maximum absolute atomic E-state index is 12.4. The van der Waals surface area contributed by atoms with Gasteiger partial charge in [-0.3, -0.25) is 4.79 Å². The summed E-state index contributed by atoms with van der Waals surface area (Å²) in [4.78, 5) is 26.0. The third-order valence-corrected chi connectivity index (χ3v) is 4.05. The molecule has 2 N–H and O–H groups in total. The average Bonchev–Trinajstić information content (AvgIpc) is 2.50. The van der Waals surface area contributed by atoms with Crippen LogP contribution in [0.3, 0.4) is 0 Å². The van der Waals surface area contributed by atoms with E-state index >= 15 is 0 Å². The number of ether oxygens (including phenoxy) is 1. The molecule has 23 heavy (non-hydrogen) atoms. The molecule has 0 unspecified atom stereocenters. The van der Waals surface area contributed by atoms with E-state index in [1.807, 2.05) is 27.7 Å². The Morgan fingerprint density at radius 3 is 2.52 bits per heavy atom. The van der Waals surface area contributed by atoms with Gasteiger partial charge in [0.2, 0.25) is 5.91 Å². The van der Waals surface area contributed by atoms with E-state index in [1.54, 1.807) is 29.2 Å². The largest absolute Gasteiger partial charge is 0.375 e. The molecule has 0 aliphatic carbocycles. The molecular formula is C17H25N3O3. The Morgan fingerprint density at radius 2 is 1.87 bits per heavy atom. The monoisotopic (exact) mass is 319 g/mol. The van der Waals surface area contributed by atoms with Gasteiger partial charge in [-0.05, 0) is 32.0 Å². The molecule has 1 fully saturated rings. The lowest BCUT2D eigenvalue weighted by molar-refractivity contribution is -0.118. The molecule has 0 bridgehead atoms. The summed E-state index contributed by atoms with van der Waals surface area (Å²) in [5.74, 6) is -0.145. The minimum absolute atomic E-state index is 0.0196. The van der Waals surface area contributed by atoms with Crippen molar-refractivity contribution in [3.8, 4) is 0 Å². The molecule has 126 valence electrons. The maximum atomic E-state index is 12.4. The molecule has 0 saturated carbocycles. The lowest BCUT2D eigenvalue weighted by atomic mass is 10.1. The van der Waals surface area contributed by atoms with Gasteiger partial charge in [-0.15, -0.1) is 0 Å². The molecule has 0 spiro atoms. The first-order valence-electron chi connectivity index (χ1n) is 7.98. The molecule has 1 heterocycles. The van der Waals surface area contributed by atoms with Gasteiger partial charge in [0.05, 0.1) is 18.8 Å². The number of rotatable bonds is 3. The second-order valence-corrected chi connectivity index (χ2v) is 6.16. The van der Waals surface area contributed by atoms with Crippen molar-refractivity contribution in [2.75, 3.05) is 23.8 Å². The Kier molecular flexibility index (Phi) is 5.60. The summed E-state index contributed by atoms with van der Waals surface area (Å²) >= 11 is 0. The zero-order chi connectivity index (χ0) is 17.0. The van der Waals surface area contributed by atoms with E-state index in [9.17, 15) is 9.59 Å². The number of morpholine rings is 1. The highest BCUT2D eigenvalue weighted by Gasteiger charge is 2.29. The summed E-state index contributed by atoms with van der Waals surface area (Å²) in [6.07, 6.45) is 0.0196. The number of anilines is 2. The van der Waals surface area contributed by atoms with E-state index in [1.165, 1.54) is 0 Å². The van der Waals surface area contributed by atoms with Gasteiger partial charge in [0.1, 0.15) is 0 Å². The molecule has 3 amide bonds. The highest BCUT2D eigenvalue weighted by molar-refractivity contribution is 5.94. The molecule has 1 aliphatic heterocycles. The predicted octanol–water partition coefficient (Wildman–Crippen LogP) is 2.92. The Labute approximate surface area is 137 Å². The summed E-state index contributed by atoms with van der Waals surface area (Å²) in [5.41, 5.74) is 1.33. The number of amides is 3. The molecule has 0 radical (unpaired) electrons. The summed E-state index contributed by atoms with van der Waals surface area (Å²) < 4.78 is 5.54. The van der Waals surface area contributed by atoms with Crippen LogP contribution in [0, 0.1) is 5.92 Å². The van der Waals surface area contributed by atoms with E-state index < -0.39 is 0 Å². The highest BCUT2D eigenvalue weighted by atomic mass is 16.5. The molecule has 1 aliphatic rings.